The lowest BCUT2D eigenvalue weighted by molar-refractivity contribution is -0.117. The SMILES string of the molecule is CN(Cc1ccccc1)S(=O)(=O)c1ccc(NC(=O)[C@@H]2CC2(Cl)Cl)cc1. The van der Waals surface area contributed by atoms with E-state index in [4.69, 9.17) is 23.2 Å². The zero-order valence-corrected chi connectivity index (χ0v) is 16.4. The molecule has 1 amide bonds. The lowest BCUT2D eigenvalue weighted by Crippen LogP contribution is -2.26. The van der Waals surface area contributed by atoms with Gasteiger partial charge in [0.05, 0.1) is 10.8 Å². The quantitative estimate of drug-likeness (QED) is 0.736. The van der Waals surface area contributed by atoms with E-state index < -0.39 is 20.3 Å². The second-order valence-electron chi connectivity index (χ2n) is 6.28. The highest BCUT2D eigenvalue weighted by Crippen LogP contribution is 2.53. The fourth-order valence-corrected chi connectivity index (χ4v) is 4.21. The highest BCUT2D eigenvalue weighted by molar-refractivity contribution is 7.89. The number of sulfonamides is 1. The number of hydrogen-bond donors (Lipinski definition) is 1. The highest BCUT2D eigenvalue weighted by Gasteiger charge is 2.56. The van der Waals surface area contributed by atoms with Crippen molar-refractivity contribution in [2.45, 2.75) is 22.2 Å². The molecule has 0 heterocycles. The van der Waals surface area contributed by atoms with Crippen LogP contribution < -0.4 is 5.32 Å². The van der Waals surface area contributed by atoms with Gasteiger partial charge in [0.15, 0.2) is 0 Å². The van der Waals surface area contributed by atoms with Crippen LogP contribution in [0.15, 0.2) is 59.5 Å². The molecule has 0 spiro atoms. The number of rotatable bonds is 6. The molecule has 1 fully saturated rings. The summed E-state index contributed by atoms with van der Waals surface area (Å²) in [6.45, 7) is 0.275. The largest absolute Gasteiger partial charge is 0.326 e. The van der Waals surface area contributed by atoms with Gasteiger partial charge in [-0.2, -0.15) is 4.31 Å². The Labute approximate surface area is 163 Å². The van der Waals surface area contributed by atoms with Crippen LogP contribution in [0.3, 0.4) is 0 Å². The van der Waals surface area contributed by atoms with Gasteiger partial charge in [-0.25, -0.2) is 8.42 Å². The maximum absolute atomic E-state index is 12.7. The smallest absolute Gasteiger partial charge is 0.243 e. The van der Waals surface area contributed by atoms with Gasteiger partial charge in [-0.05, 0) is 36.2 Å². The number of nitrogens with zero attached hydrogens (tertiary/aromatic N) is 1. The zero-order valence-electron chi connectivity index (χ0n) is 14.0. The third kappa shape index (κ3) is 4.20. The maximum atomic E-state index is 12.7. The van der Waals surface area contributed by atoms with Crippen LogP contribution >= 0.6 is 23.2 Å². The molecule has 1 aliphatic rings. The van der Waals surface area contributed by atoms with E-state index in [1.807, 2.05) is 30.3 Å². The molecule has 0 radical (unpaired) electrons. The van der Waals surface area contributed by atoms with E-state index >= 15 is 0 Å². The minimum absolute atomic E-state index is 0.157. The Bertz CT molecular complexity index is 900. The second kappa shape index (κ2) is 7.19. The van der Waals surface area contributed by atoms with E-state index in [9.17, 15) is 13.2 Å². The normalized spacial score (nSPS) is 18.5. The molecule has 1 N–H and O–H groups in total. The van der Waals surface area contributed by atoms with E-state index in [0.29, 0.717) is 12.1 Å². The first-order valence-electron chi connectivity index (χ1n) is 7.99. The molecule has 8 heteroatoms. The number of anilines is 1. The van der Waals surface area contributed by atoms with E-state index in [1.165, 1.54) is 23.5 Å². The standard InChI is InChI=1S/C18H18Cl2N2O3S/c1-22(12-13-5-3-2-4-6-13)26(24,25)15-9-7-14(8-10-15)21-17(23)16-11-18(16,19)20/h2-10,16H,11-12H2,1H3,(H,21,23)/t16-/m0/s1. The summed E-state index contributed by atoms with van der Waals surface area (Å²) in [6.07, 6.45) is 0.415. The number of nitrogens with one attached hydrogen (secondary N) is 1. The van der Waals surface area contributed by atoms with Gasteiger partial charge >= 0.3 is 0 Å². The van der Waals surface area contributed by atoms with Crippen LogP contribution in [0, 0.1) is 5.92 Å². The van der Waals surface area contributed by atoms with Crippen molar-refractivity contribution in [1.82, 2.24) is 4.31 Å². The number of alkyl halides is 2. The van der Waals surface area contributed by atoms with Gasteiger partial charge in [-0.15, -0.1) is 23.2 Å². The van der Waals surface area contributed by atoms with Crippen LogP contribution in [0.5, 0.6) is 0 Å². The predicted molar refractivity (Wildman–Crippen MR) is 103 cm³/mol. The van der Waals surface area contributed by atoms with Gasteiger partial charge < -0.3 is 5.32 Å². The van der Waals surface area contributed by atoms with Crippen LogP contribution in [0.4, 0.5) is 5.69 Å². The van der Waals surface area contributed by atoms with Crippen molar-refractivity contribution in [1.29, 1.82) is 0 Å². The summed E-state index contributed by atoms with van der Waals surface area (Å²) in [5.74, 6) is -0.710. The first-order chi connectivity index (χ1) is 12.2. The van der Waals surface area contributed by atoms with E-state index in [-0.39, 0.29) is 17.3 Å². The van der Waals surface area contributed by atoms with Crippen molar-refractivity contribution in [3.63, 3.8) is 0 Å². The molecule has 0 bridgehead atoms. The lowest BCUT2D eigenvalue weighted by atomic mass is 10.2. The summed E-state index contributed by atoms with van der Waals surface area (Å²) < 4.78 is 25.6. The molecular formula is C18H18Cl2N2O3S. The van der Waals surface area contributed by atoms with Crippen molar-refractivity contribution in [3.8, 4) is 0 Å². The van der Waals surface area contributed by atoms with E-state index in [1.54, 1.807) is 12.1 Å². The molecule has 5 nitrogen and oxygen atoms in total. The molecular weight excluding hydrogens is 395 g/mol. The Kier molecular flexibility index (Phi) is 5.30. The summed E-state index contributed by atoms with van der Waals surface area (Å²) in [7, 11) is -2.09. The number of benzene rings is 2. The summed E-state index contributed by atoms with van der Waals surface area (Å²) in [5.41, 5.74) is 1.40. The zero-order chi connectivity index (χ0) is 18.9. The number of carbonyl (C=O) groups excluding carboxylic acids is 1. The maximum Gasteiger partial charge on any atom is 0.243 e. The molecule has 1 atom stereocenters. The van der Waals surface area contributed by atoms with Crippen molar-refractivity contribution >= 4 is 44.8 Å². The summed E-state index contributed by atoms with van der Waals surface area (Å²) in [5, 5.41) is 2.69. The molecule has 138 valence electrons. The first-order valence-corrected chi connectivity index (χ1v) is 10.2. The van der Waals surface area contributed by atoms with E-state index in [2.05, 4.69) is 5.32 Å². The average molecular weight is 413 g/mol. The van der Waals surface area contributed by atoms with Gasteiger partial charge in [0.25, 0.3) is 0 Å². The Hall–Kier alpha value is -1.60. The van der Waals surface area contributed by atoms with Gasteiger partial charge in [0, 0.05) is 19.3 Å². The molecule has 0 aliphatic heterocycles. The molecule has 0 unspecified atom stereocenters. The monoisotopic (exact) mass is 412 g/mol. The fourth-order valence-electron chi connectivity index (χ4n) is 2.54. The van der Waals surface area contributed by atoms with Crippen LogP contribution in [-0.4, -0.2) is 30.0 Å². The van der Waals surface area contributed by atoms with Gasteiger partial charge in [-0.1, -0.05) is 30.3 Å². The van der Waals surface area contributed by atoms with Crippen LogP contribution in [-0.2, 0) is 21.4 Å². The summed E-state index contributed by atoms with van der Waals surface area (Å²) >= 11 is 11.7. The van der Waals surface area contributed by atoms with Crippen molar-refractivity contribution < 1.29 is 13.2 Å². The molecule has 3 rings (SSSR count). The summed E-state index contributed by atoms with van der Waals surface area (Å²) in [6, 6.07) is 15.4. The molecule has 2 aromatic carbocycles. The molecule has 0 aromatic heterocycles. The number of carbonyl (C=O) groups is 1. The van der Waals surface area contributed by atoms with Gasteiger partial charge in [0.1, 0.15) is 4.33 Å². The summed E-state index contributed by atoms with van der Waals surface area (Å²) in [4.78, 5) is 12.1. The van der Waals surface area contributed by atoms with Crippen LogP contribution in [0.2, 0.25) is 0 Å². The third-order valence-electron chi connectivity index (χ3n) is 4.22. The van der Waals surface area contributed by atoms with E-state index in [0.717, 1.165) is 5.56 Å². The highest BCUT2D eigenvalue weighted by atomic mass is 35.5. The third-order valence-corrected chi connectivity index (χ3v) is 6.87. The molecule has 1 saturated carbocycles. The number of hydrogen-bond acceptors (Lipinski definition) is 3. The molecule has 0 saturated heterocycles. The Balaban J connectivity index is 1.68. The topological polar surface area (TPSA) is 66.5 Å². The van der Waals surface area contributed by atoms with Gasteiger partial charge in [0.2, 0.25) is 15.9 Å². The van der Waals surface area contributed by atoms with Crippen LogP contribution in [0.1, 0.15) is 12.0 Å². The molecule has 2 aromatic rings. The Morgan fingerprint density at radius 3 is 2.27 bits per heavy atom. The molecule has 1 aliphatic carbocycles. The minimum Gasteiger partial charge on any atom is -0.326 e. The Morgan fingerprint density at radius 1 is 1.15 bits per heavy atom. The average Bonchev–Trinajstić information content (AvgIpc) is 3.25. The second-order valence-corrected chi connectivity index (χ2v) is 9.87. The lowest BCUT2D eigenvalue weighted by Gasteiger charge is -2.17. The van der Waals surface area contributed by atoms with Crippen molar-refractivity contribution in [3.05, 3.63) is 60.2 Å². The minimum atomic E-state index is -3.63. The van der Waals surface area contributed by atoms with Crippen molar-refractivity contribution in [2.75, 3.05) is 12.4 Å². The van der Waals surface area contributed by atoms with Gasteiger partial charge in [-0.3, -0.25) is 4.79 Å². The number of amides is 1. The fraction of sp³-hybridized carbons (Fsp3) is 0.278. The van der Waals surface area contributed by atoms with Crippen molar-refractivity contribution in [2.24, 2.45) is 5.92 Å². The van der Waals surface area contributed by atoms with Crippen LogP contribution in [0.25, 0.3) is 0 Å². The number of halogens is 2. The predicted octanol–water partition coefficient (Wildman–Crippen LogP) is 3.64. The molecule has 26 heavy (non-hydrogen) atoms. The first kappa shape index (κ1) is 19.2. The Morgan fingerprint density at radius 2 is 1.73 bits per heavy atom.